The van der Waals surface area contributed by atoms with E-state index in [0.29, 0.717) is 26.4 Å². The summed E-state index contributed by atoms with van der Waals surface area (Å²) in [5.41, 5.74) is 3.61. The summed E-state index contributed by atoms with van der Waals surface area (Å²) >= 11 is 0. The fourth-order valence-electron chi connectivity index (χ4n) is 2.49. The first-order chi connectivity index (χ1) is 11.5. The van der Waals surface area contributed by atoms with Crippen molar-refractivity contribution >= 4 is 29.9 Å². The Morgan fingerprint density at radius 1 is 1.28 bits per heavy atom. The summed E-state index contributed by atoms with van der Waals surface area (Å²) in [5, 5.41) is 11.2. The first-order valence-electron chi connectivity index (χ1n) is 8.60. The van der Waals surface area contributed by atoms with Crippen molar-refractivity contribution in [3.05, 3.63) is 17.0 Å². The third-order valence-corrected chi connectivity index (χ3v) is 3.83. The lowest BCUT2D eigenvalue weighted by molar-refractivity contribution is 0.0748. The van der Waals surface area contributed by atoms with E-state index in [1.54, 1.807) is 7.11 Å². The Labute approximate surface area is 169 Å². The van der Waals surface area contributed by atoms with Gasteiger partial charge in [-0.05, 0) is 39.7 Å². The summed E-state index contributed by atoms with van der Waals surface area (Å²) in [6.07, 6.45) is 0.917. The maximum absolute atomic E-state index is 5.44. The van der Waals surface area contributed by atoms with E-state index < -0.39 is 0 Å². The molecule has 2 N–H and O–H groups in total. The van der Waals surface area contributed by atoms with Gasteiger partial charge < -0.3 is 20.1 Å². The number of ether oxygens (including phenoxy) is 2. The third-order valence-electron chi connectivity index (χ3n) is 3.83. The van der Waals surface area contributed by atoms with Crippen LogP contribution in [0.2, 0.25) is 0 Å². The molecule has 146 valence electrons. The van der Waals surface area contributed by atoms with E-state index >= 15 is 0 Å². The van der Waals surface area contributed by atoms with Crippen LogP contribution in [0.4, 0.5) is 0 Å². The average Bonchev–Trinajstić information content (AvgIpc) is 2.77. The van der Waals surface area contributed by atoms with E-state index in [1.165, 1.54) is 11.3 Å². The lowest BCUT2D eigenvalue weighted by Gasteiger charge is -2.18. The fourth-order valence-corrected chi connectivity index (χ4v) is 2.49. The number of guanidine groups is 1. The number of aliphatic imine (C=N–C) groups is 1. The number of halogens is 1. The summed E-state index contributed by atoms with van der Waals surface area (Å²) in [6.45, 7) is 11.7. The summed E-state index contributed by atoms with van der Waals surface area (Å²) < 4.78 is 12.3. The number of hydrogen-bond donors (Lipinski definition) is 2. The van der Waals surface area contributed by atoms with Gasteiger partial charge in [0.25, 0.3) is 0 Å². The maximum Gasteiger partial charge on any atom is 0.191 e. The minimum Gasteiger partial charge on any atom is -0.382 e. The molecule has 1 unspecified atom stereocenters. The van der Waals surface area contributed by atoms with Gasteiger partial charge in [0.1, 0.15) is 0 Å². The summed E-state index contributed by atoms with van der Waals surface area (Å²) in [5.74, 6) is 0.819. The van der Waals surface area contributed by atoms with E-state index in [0.717, 1.165) is 24.6 Å². The van der Waals surface area contributed by atoms with Crippen LogP contribution in [-0.4, -0.2) is 61.8 Å². The SMILES string of the molecule is CCNC(=NCCOCCOC)NC(C)Cc1c(C)nn(C)c1C.I. The van der Waals surface area contributed by atoms with Crippen LogP contribution in [0.1, 0.15) is 30.8 Å². The fraction of sp³-hybridized carbons (Fsp3) is 0.765. The standard InChI is InChI=1S/C17H33N5O2.HI/c1-7-18-17(19-8-9-24-11-10-23-6)20-13(2)12-16-14(3)21-22(5)15(16)4;/h13H,7-12H2,1-6H3,(H2,18,19,20);1H. The first-order valence-corrected chi connectivity index (χ1v) is 8.60. The van der Waals surface area contributed by atoms with Gasteiger partial charge in [0, 0.05) is 32.4 Å². The Morgan fingerprint density at radius 3 is 2.56 bits per heavy atom. The molecule has 1 rings (SSSR count). The van der Waals surface area contributed by atoms with Crippen molar-refractivity contribution in [2.24, 2.45) is 12.0 Å². The van der Waals surface area contributed by atoms with E-state index in [9.17, 15) is 0 Å². The lowest BCUT2D eigenvalue weighted by Crippen LogP contribution is -2.43. The minimum absolute atomic E-state index is 0. The summed E-state index contributed by atoms with van der Waals surface area (Å²) in [7, 11) is 3.65. The maximum atomic E-state index is 5.44. The van der Waals surface area contributed by atoms with Gasteiger partial charge in [0.2, 0.25) is 0 Å². The van der Waals surface area contributed by atoms with Crippen LogP contribution in [0.5, 0.6) is 0 Å². The van der Waals surface area contributed by atoms with E-state index in [4.69, 9.17) is 9.47 Å². The zero-order chi connectivity index (χ0) is 17.9. The number of methoxy groups -OCH3 is 1. The largest absolute Gasteiger partial charge is 0.382 e. The van der Waals surface area contributed by atoms with Crippen molar-refractivity contribution in [2.45, 2.75) is 40.2 Å². The highest BCUT2D eigenvalue weighted by atomic mass is 127. The Morgan fingerprint density at radius 2 is 2.00 bits per heavy atom. The molecular formula is C17H34IN5O2. The molecule has 8 heteroatoms. The van der Waals surface area contributed by atoms with Crippen LogP contribution in [0, 0.1) is 13.8 Å². The molecule has 0 aromatic carbocycles. The van der Waals surface area contributed by atoms with Gasteiger partial charge in [-0.2, -0.15) is 5.10 Å². The van der Waals surface area contributed by atoms with Crippen molar-refractivity contribution in [1.82, 2.24) is 20.4 Å². The normalized spacial score (nSPS) is 12.6. The lowest BCUT2D eigenvalue weighted by atomic mass is 10.1. The zero-order valence-corrected chi connectivity index (χ0v) is 18.7. The summed E-state index contributed by atoms with van der Waals surface area (Å²) in [6, 6.07) is 0.263. The van der Waals surface area contributed by atoms with E-state index in [-0.39, 0.29) is 30.0 Å². The Bertz CT molecular complexity index is 519. The Balaban J connectivity index is 0.00000576. The van der Waals surface area contributed by atoms with Crippen molar-refractivity contribution in [2.75, 3.05) is 40.0 Å². The van der Waals surface area contributed by atoms with Crippen LogP contribution in [0.25, 0.3) is 0 Å². The van der Waals surface area contributed by atoms with Crippen molar-refractivity contribution in [1.29, 1.82) is 0 Å². The monoisotopic (exact) mass is 467 g/mol. The van der Waals surface area contributed by atoms with Gasteiger partial charge in [-0.25, -0.2) is 0 Å². The van der Waals surface area contributed by atoms with Gasteiger partial charge in [-0.1, -0.05) is 0 Å². The second-order valence-electron chi connectivity index (χ2n) is 5.89. The van der Waals surface area contributed by atoms with Gasteiger partial charge in [0.15, 0.2) is 5.96 Å². The molecule has 0 fully saturated rings. The Kier molecular flexibility index (Phi) is 12.9. The number of rotatable bonds is 10. The van der Waals surface area contributed by atoms with E-state index in [1.807, 2.05) is 11.7 Å². The van der Waals surface area contributed by atoms with Crippen molar-refractivity contribution in [3.63, 3.8) is 0 Å². The first kappa shape index (κ1) is 24.1. The van der Waals surface area contributed by atoms with Gasteiger partial charge >= 0.3 is 0 Å². The molecule has 0 aliphatic carbocycles. The van der Waals surface area contributed by atoms with Crippen molar-refractivity contribution < 1.29 is 9.47 Å². The van der Waals surface area contributed by atoms with E-state index in [2.05, 4.69) is 48.4 Å². The molecule has 0 amide bonds. The molecular weight excluding hydrogens is 433 g/mol. The second kappa shape index (κ2) is 13.3. The molecule has 1 atom stereocenters. The van der Waals surface area contributed by atoms with Crippen LogP contribution in [0.3, 0.4) is 0 Å². The molecule has 1 aromatic rings. The van der Waals surface area contributed by atoms with Crippen molar-refractivity contribution in [3.8, 4) is 0 Å². The topological polar surface area (TPSA) is 72.7 Å². The van der Waals surface area contributed by atoms with Gasteiger partial charge in [-0.3, -0.25) is 9.67 Å². The molecule has 0 saturated heterocycles. The zero-order valence-electron chi connectivity index (χ0n) is 16.4. The molecule has 0 spiro atoms. The molecule has 0 aliphatic heterocycles. The number of nitrogens with zero attached hydrogens (tertiary/aromatic N) is 3. The quantitative estimate of drug-likeness (QED) is 0.238. The molecule has 0 aliphatic rings. The predicted molar refractivity (Wildman–Crippen MR) is 113 cm³/mol. The molecule has 0 bridgehead atoms. The second-order valence-corrected chi connectivity index (χ2v) is 5.89. The molecule has 0 saturated carbocycles. The van der Waals surface area contributed by atoms with Crippen LogP contribution in [0.15, 0.2) is 4.99 Å². The van der Waals surface area contributed by atoms with Crippen LogP contribution < -0.4 is 10.6 Å². The molecule has 0 radical (unpaired) electrons. The minimum atomic E-state index is 0. The smallest absolute Gasteiger partial charge is 0.191 e. The number of aromatic nitrogens is 2. The predicted octanol–water partition coefficient (Wildman–Crippen LogP) is 1.80. The van der Waals surface area contributed by atoms with Gasteiger partial charge in [0.05, 0.1) is 32.1 Å². The number of hydrogen-bond acceptors (Lipinski definition) is 4. The number of aryl methyl sites for hydroxylation is 2. The average molecular weight is 467 g/mol. The molecule has 1 aromatic heterocycles. The molecule has 25 heavy (non-hydrogen) atoms. The highest BCUT2D eigenvalue weighted by Crippen LogP contribution is 2.14. The highest BCUT2D eigenvalue weighted by Gasteiger charge is 2.13. The van der Waals surface area contributed by atoms with Gasteiger partial charge in [-0.15, -0.1) is 24.0 Å². The third kappa shape index (κ3) is 8.87. The Hall–Kier alpha value is -0.870. The number of nitrogens with one attached hydrogen (secondary N) is 2. The molecule has 1 heterocycles. The van der Waals surface area contributed by atoms with Crippen LogP contribution in [-0.2, 0) is 22.9 Å². The summed E-state index contributed by atoms with van der Waals surface area (Å²) in [4.78, 5) is 4.55. The van der Waals surface area contributed by atoms with Crippen LogP contribution >= 0.6 is 24.0 Å². The molecule has 7 nitrogen and oxygen atoms in total. The highest BCUT2D eigenvalue weighted by molar-refractivity contribution is 14.0.